The zero-order chi connectivity index (χ0) is 17.6. The SMILES string of the molecule is CCNC(=NCC(OC)C(C)(C)C)NCCCCOCCOC.I. The number of halogens is 1. The number of rotatable bonds is 12. The van der Waals surface area contributed by atoms with Crippen molar-refractivity contribution in [3.05, 3.63) is 0 Å². The van der Waals surface area contributed by atoms with Crippen molar-refractivity contribution < 1.29 is 14.2 Å². The van der Waals surface area contributed by atoms with Crippen LogP contribution in [-0.4, -0.2) is 65.7 Å². The number of nitrogens with one attached hydrogen (secondary N) is 2. The predicted octanol–water partition coefficient (Wildman–Crippen LogP) is 2.66. The van der Waals surface area contributed by atoms with E-state index in [-0.39, 0.29) is 35.5 Å². The Morgan fingerprint density at radius 1 is 1.04 bits per heavy atom. The highest BCUT2D eigenvalue weighted by atomic mass is 127. The van der Waals surface area contributed by atoms with Crippen LogP contribution in [0.4, 0.5) is 0 Å². The molecule has 0 aromatic carbocycles. The number of nitrogens with zero attached hydrogens (tertiary/aromatic N) is 1. The van der Waals surface area contributed by atoms with Crippen LogP contribution >= 0.6 is 24.0 Å². The maximum absolute atomic E-state index is 5.54. The third-order valence-electron chi connectivity index (χ3n) is 3.45. The average molecular weight is 459 g/mol. The fraction of sp³-hybridized carbons (Fsp3) is 0.941. The van der Waals surface area contributed by atoms with Crippen molar-refractivity contribution in [2.45, 2.75) is 46.6 Å². The number of hydrogen-bond acceptors (Lipinski definition) is 4. The lowest BCUT2D eigenvalue weighted by molar-refractivity contribution is 0.0241. The van der Waals surface area contributed by atoms with Gasteiger partial charge in [0, 0.05) is 33.9 Å². The van der Waals surface area contributed by atoms with E-state index in [2.05, 4.69) is 43.3 Å². The van der Waals surface area contributed by atoms with Gasteiger partial charge in [0.15, 0.2) is 5.96 Å². The normalized spacial score (nSPS) is 13.3. The zero-order valence-electron chi connectivity index (χ0n) is 16.3. The predicted molar refractivity (Wildman–Crippen MR) is 112 cm³/mol. The molecule has 0 aromatic heterocycles. The van der Waals surface area contributed by atoms with Crippen LogP contribution in [0.3, 0.4) is 0 Å². The molecule has 0 amide bonds. The van der Waals surface area contributed by atoms with Crippen LogP contribution in [0.2, 0.25) is 0 Å². The molecular weight excluding hydrogens is 421 g/mol. The van der Waals surface area contributed by atoms with Gasteiger partial charge in [-0.25, -0.2) is 0 Å². The molecule has 0 radical (unpaired) electrons. The van der Waals surface area contributed by atoms with Crippen molar-refractivity contribution in [1.29, 1.82) is 0 Å². The lowest BCUT2D eigenvalue weighted by Crippen LogP contribution is -2.39. The molecule has 0 bridgehead atoms. The van der Waals surface area contributed by atoms with E-state index >= 15 is 0 Å². The quantitative estimate of drug-likeness (QED) is 0.203. The molecule has 0 rings (SSSR count). The van der Waals surface area contributed by atoms with Gasteiger partial charge < -0.3 is 24.8 Å². The minimum Gasteiger partial charge on any atom is -0.382 e. The van der Waals surface area contributed by atoms with Crippen LogP contribution in [0, 0.1) is 5.41 Å². The fourth-order valence-electron chi connectivity index (χ4n) is 2.00. The van der Waals surface area contributed by atoms with Gasteiger partial charge in [-0.1, -0.05) is 20.8 Å². The van der Waals surface area contributed by atoms with Crippen LogP contribution in [0.25, 0.3) is 0 Å². The fourth-order valence-corrected chi connectivity index (χ4v) is 2.00. The van der Waals surface area contributed by atoms with Gasteiger partial charge in [-0.15, -0.1) is 24.0 Å². The molecule has 0 aliphatic carbocycles. The monoisotopic (exact) mass is 459 g/mol. The Kier molecular flexibility index (Phi) is 17.8. The van der Waals surface area contributed by atoms with Crippen LogP contribution in [0.5, 0.6) is 0 Å². The summed E-state index contributed by atoms with van der Waals surface area (Å²) in [5, 5.41) is 6.62. The number of aliphatic imine (C=N–C) groups is 1. The van der Waals surface area contributed by atoms with Gasteiger partial charge >= 0.3 is 0 Å². The number of unbranched alkanes of at least 4 members (excludes halogenated alkanes) is 1. The lowest BCUT2D eigenvalue weighted by Gasteiger charge is -2.28. The summed E-state index contributed by atoms with van der Waals surface area (Å²) < 4.78 is 15.9. The van der Waals surface area contributed by atoms with E-state index in [9.17, 15) is 0 Å². The van der Waals surface area contributed by atoms with Crippen molar-refractivity contribution in [3.8, 4) is 0 Å². The maximum atomic E-state index is 5.54. The zero-order valence-corrected chi connectivity index (χ0v) is 18.6. The van der Waals surface area contributed by atoms with E-state index in [0.717, 1.165) is 38.5 Å². The second-order valence-corrected chi connectivity index (χ2v) is 6.55. The number of guanidine groups is 1. The smallest absolute Gasteiger partial charge is 0.191 e. The van der Waals surface area contributed by atoms with E-state index in [0.29, 0.717) is 19.8 Å². The second kappa shape index (κ2) is 16.4. The highest BCUT2D eigenvalue weighted by Gasteiger charge is 2.23. The van der Waals surface area contributed by atoms with Gasteiger partial charge in [0.1, 0.15) is 0 Å². The Hall–Kier alpha value is -0.120. The minimum atomic E-state index is 0. The summed E-state index contributed by atoms with van der Waals surface area (Å²) in [6, 6.07) is 0. The summed E-state index contributed by atoms with van der Waals surface area (Å²) in [4.78, 5) is 4.63. The van der Waals surface area contributed by atoms with Crippen molar-refractivity contribution >= 4 is 29.9 Å². The van der Waals surface area contributed by atoms with E-state index in [1.54, 1.807) is 14.2 Å². The Bertz CT molecular complexity index is 310. The standard InChI is InChI=1S/C17H37N3O3.HI/c1-7-18-16(20-14-15(22-6)17(2,3)4)19-10-8-9-11-23-13-12-21-5;/h15H,7-14H2,1-6H3,(H2,18,19,20);1H. The molecule has 7 heteroatoms. The summed E-state index contributed by atoms with van der Waals surface area (Å²) in [5.41, 5.74) is 0.0785. The molecule has 2 N–H and O–H groups in total. The van der Waals surface area contributed by atoms with Crippen molar-refractivity contribution in [2.24, 2.45) is 10.4 Å². The summed E-state index contributed by atoms with van der Waals surface area (Å²) in [7, 11) is 3.43. The van der Waals surface area contributed by atoms with E-state index in [4.69, 9.17) is 14.2 Å². The first kappa shape index (κ1) is 26.1. The molecule has 0 spiro atoms. The first-order chi connectivity index (χ1) is 11.0. The highest BCUT2D eigenvalue weighted by Crippen LogP contribution is 2.21. The number of hydrogen-bond donors (Lipinski definition) is 2. The van der Waals surface area contributed by atoms with Crippen LogP contribution < -0.4 is 10.6 Å². The third-order valence-corrected chi connectivity index (χ3v) is 3.45. The highest BCUT2D eigenvalue weighted by molar-refractivity contribution is 14.0. The minimum absolute atomic E-state index is 0. The molecule has 0 aliphatic rings. The van der Waals surface area contributed by atoms with Crippen LogP contribution in [0.1, 0.15) is 40.5 Å². The molecular formula is C17H38IN3O3. The number of ether oxygens (including phenoxy) is 3. The molecule has 146 valence electrons. The molecule has 0 heterocycles. The van der Waals surface area contributed by atoms with Gasteiger partial charge in [0.05, 0.1) is 25.9 Å². The van der Waals surface area contributed by atoms with E-state index < -0.39 is 0 Å². The lowest BCUT2D eigenvalue weighted by atomic mass is 9.89. The molecule has 1 unspecified atom stereocenters. The van der Waals surface area contributed by atoms with Crippen molar-refractivity contribution in [3.63, 3.8) is 0 Å². The van der Waals surface area contributed by atoms with Crippen LogP contribution in [0.15, 0.2) is 4.99 Å². The summed E-state index contributed by atoms with van der Waals surface area (Å²) in [6.07, 6.45) is 2.18. The summed E-state index contributed by atoms with van der Waals surface area (Å²) in [6.45, 7) is 13.0. The van der Waals surface area contributed by atoms with Crippen LogP contribution in [-0.2, 0) is 14.2 Å². The summed E-state index contributed by atoms with van der Waals surface area (Å²) >= 11 is 0. The topological polar surface area (TPSA) is 64.1 Å². The summed E-state index contributed by atoms with van der Waals surface area (Å²) in [5.74, 6) is 0.846. The molecule has 0 saturated carbocycles. The average Bonchev–Trinajstić information content (AvgIpc) is 2.49. The molecule has 1 atom stereocenters. The molecule has 0 saturated heterocycles. The second-order valence-electron chi connectivity index (χ2n) is 6.55. The Morgan fingerprint density at radius 2 is 1.75 bits per heavy atom. The molecule has 6 nitrogen and oxygen atoms in total. The maximum Gasteiger partial charge on any atom is 0.191 e. The molecule has 24 heavy (non-hydrogen) atoms. The van der Waals surface area contributed by atoms with Gasteiger partial charge in [0.2, 0.25) is 0 Å². The molecule has 0 fully saturated rings. The molecule has 0 aliphatic heterocycles. The van der Waals surface area contributed by atoms with E-state index in [1.807, 2.05) is 0 Å². The Labute approximate surface area is 165 Å². The van der Waals surface area contributed by atoms with Gasteiger partial charge in [-0.2, -0.15) is 0 Å². The van der Waals surface area contributed by atoms with Gasteiger partial charge in [-0.05, 0) is 25.2 Å². The largest absolute Gasteiger partial charge is 0.382 e. The van der Waals surface area contributed by atoms with Gasteiger partial charge in [-0.3, -0.25) is 4.99 Å². The Morgan fingerprint density at radius 3 is 2.29 bits per heavy atom. The van der Waals surface area contributed by atoms with Crippen molar-refractivity contribution in [1.82, 2.24) is 10.6 Å². The van der Waals surface area contributed by atoms with Crippen molar-refractivity contribution in [2.75, 3.05) is 53.7 Å². The first-order valence-corrected chi connectivity index (χ1v) is 8.57. The number of methoxy groups -OCH3 is 2. The first-order valence-electron chi connectivity index (χ1n) is 8.57. The molecule has 0 aromatic rings. The van der Waals surface area contributed by atoms with E-state index in [1.165, 1.54) is 0 Å². The third kappa shape index (κ3) is 14.2. The van der Waals surface area contributed by atoms with Gasteiger partial charge in [0.25, 0.3) is 0 Å². The Balaban J connectivity index is 0.